The Bertz CT molecular complexity index is 651. The van der Waals surface area contributed by atoms with E-state index in [2.05, 4.69) is 0 Å². The van der Waals surface area contributed by atoms with E-state index >= 15 is 0 Å². The molecular formula is C18H21NO5. The smallest absolute Gasteiger partial charge is 0.329 e. The molecule has 0 bridgehead atoms. The van der Waals surface area contributed by atoms with Gasteiger partial charge in [-0.2, -0.15) is 0 Å². The topological polar surface area (TPSA) is 72.9 Å². The second-order valence-electron chi connectivity index (χ2n) is 6.27. The summed E-state index contributed by atoms with van der Waals surface area (Å²) in [6, 6.07) is 4.05. The number of esters is 1. The minimum atomic E-state index is -0.760. The van der Waals surface area contributed by atoms with Crippen LogP contribution in [-0.2, 0) is 14.3 Å². The van der Waals surface area contributed by atoms with E-state index in [1.165, 1.54) is 11.3 Å². The zero-order valence-electron chi connectivity index (χ0n) is 13.7. The van der Waals surface area contributed by atoms with E-state index in [0.29, 0.717) is 23.3 Å². The summed E-state index contributed by atoms with van der Waals surface area (Å²) in [6.07, 6.45) is 5.69. The van der Waals surface area contributed by atoms with Gasteiger partial charge in [-0.15, -0.1) is 0 Å². The normalized spacial score (nSPS) is 19.2. The Kier molecular flexibility index (Phi) is 4.83. The van der Waals surface area contributed by atoms with Crippen molar-refractivity contribution in [2.24, 2.45) is 0 Å². The maximum Gasteiger partial charge on any atom is 0.329 e. The van der Waals surface area contributed by atoms with Crippen molar-refractivity contribution in [3.63, 3.8) is 0 Å². The van der Waals surface area contributed by atoms with Gasteiger partial charge in [-0.1, -0.05) is 6.42 Å². The number of aldehydes is 1. The fourth-order valence-electron chi connectivity index (χ4n) is 3.24. The highest BCUT2D eigenvalue weighted by molar-refractivity contribution is 6.03. The first-order valence-corrected chi connectivity index (χ1v) is 8.34. The number of nitrogens with zero attached hydrogens (tertiary/aromatic N) is 1. The third-order valence-electron chi connectivity index (χ3n) is 4.56. The van der Waals surface area contributed by atoms with Crippen LogP contribution in [0.1, 0.15) is 49.4 Å². The molecule has 1 unspecified atom stereocenters. The lowest BCUT2D eigenvalue weighted by atomic mass is 9.98. The summed E-state index contributed by atoms with van der Waals surface area (Å²) in [4.78, 5) is 37.2. The molecule has 1 atom stereocenters. The maximum absolute atomic E-state index is 12.5. The highest BCUT2D eigenvalue weighted by atomic mass is 16.5. The third kappa shape index (κ3) is 3.27. The van der Waals surface area contributed by atoms with E-state index in [1.807, 2.05) is 0 Å². The first-order chi connectivity index (χ1) is 11.6. The number of benzene rings is 1. The van der Waals surface area contributed by atoms with Crippen molar-refractivity contribution >= 4 is 23.9 Å². The first-order valence-electron chi connectivity index (χ1n) is 8.34. The lowest BCUT2D eigenvalue weighted by Crippen LogP contribution is -2.49. The molecule has 24 heavy (non-hydrogen) atoms. The molecule has 0 spiro atoms. The molecule has 1 aliphatic heterocycles. The molecule has 128 valence electrons. The zero-order chi connectivity index (χ0) is 17.1. The Morgan fingerprint density at radius 3 is 2.79 bits per heavy atom. The van der Waals surface area contributed by atoms with Crippen molar-refractivity contribution < 1.29 is 23.9 Å². The van der Waals surface area contributed by atoms with Gasteiger partial charge in [-0.25, -0.2) is 4.79 Å². The molecule has 0 radical (unpaired) electrons. The Balaban J connectivity index is 1.80. The van der Waals surface area contributed by atoms with E-state index < -0.39 is 12.0 Å². The van der Waals surface area contributed by atoms with Crippen LogP contribution in [0.25, 0.3) is 0 Å². The van der Waals surface area contributed by atoms with Crippen LogP contribution in [0, 0.1) is 0 Å². The van der Waals surface area contributed by atoms with E-state index in [0.717, 1.165) is 25.7 Å². The van der Waals surface area contributed by atoms with Gasteiger partial charge in [0.15, 0.2) is 6.61 Å². The Labute approximate surface area is 140 Å². The van der Waals surface area contributed by atoms with Gasteiger partial charge in [0, 0.05) is 5.56 Å². The lowest BCUT2D eigenvalue weighted by molar-refractivity contribution is -0.152. The Morgan fingerprint density at radius 1 is 1.33 bits per heavy atom. The van der Waals surface area contributed by atoms with Crippen LogP contribution in [-0.4, -0.2) is 36.9 Å². The van der Waals surface area contributed by atoms with Gasteiger partial charge >= 0.3 is 5.97 Å². The molecule has 1 aliphatic carbocycles. The van der Waals surface area contributed by atoms with Gasteiger partial charge < -0.3 is 9.47 Å². The standard InChI is InChI=1S/C18H21NO5/c1-12(18(22)24-14-5-3-2-4-6-14)19-15-9-13(10-20)7-8-16(15)23-11-17(19)21/h7-10,12,14H,2-6,11H2,1H3. The SMILES string of the molecule is CC(C(=O)OC1CCCCC1)N1C(=O)COc2ccc(C=O)cc21. The predicted molar refractivity (Wildman–Crippen MR) is 87.2 cm³/mol. The summed E-state index contributed by atoms with van der Waals surface area (Å²) in [7, 11) is 0. The first kappa shape index (κ1) is 16.5. The number of amides is 1. The number of ether oxygens (including phenoxy) is 2. The number of carbonyl (C=O) groups excluding carboxylic acids is 3. The van der Waals surface area contributed by atoms with Crippen LogP contribution in [0.3, 0.4) is 0 Å². The van der Waals surface area contributed by atoms with Crippen molar-refractivity contribution in [3.05, 3.63) is 23.8 Å². The number of hydrogen-bond donors (Lipinski definition) is 0. The van der Waals surface area contributed by atoms with Crippen LogP contribution in [0.5, 0.6) is 5.75 Å². The minimum absolute atomic E-state index is 0.0642. The summed E-state index contributed by atoms with van der Waals surface area (Å²) < 4.78 is 11.0. The highest BCUT2D eigenvalue weighted by Crippen LogP contribution is 2.34. The maximum atomic E-state index is 12.5. The van der Waals surface area contributed by atoms with Crippen LogP contribution >= 0.6 is 0 Å². The number of fused-ring (bicyclic) bond motifs is 1. The average molecular weight is 331 g/mol. The van der Waals surface area contributed by atoms with Crippen LogP contribution < -0.4 is 9.64 Å². The Morgan fingerprint density at radius 2 is 2.08 bits per heavy atom. The fourth-order valence-corrected chi connectivity index (χ4v) is 3.24. The molecule has 0 aromatic heterocycles. The molecule has 1 saturated carbocycles. The molecule has 0 saturated heterocycles. The van der Waals surface area contributed by atoms with Crippen LogP contribution in [0.15, 0.2) is 18.2 Å². The molecule has 1 aromatic rings. The average Bonchev–Trinajstić information content (AvgIpc) is 2.61. The summed E-state index contributed by atoms with van der Waals surface area (Å²) in [6.45, 7) is 1.51. The quantitative estimate of drug-likeness (QED) is 0.626. The predicted octanol–water partition coefficient (Wildman–Crippen LogP) is 2.49. The second kappa shape index (κ2) is 7.03. The van der Waals surface area contributed by atoms with Crippen molar-refractivity contribution in [3.8, 4) is 5.75 Å². The van der Waals surface area contributed by atoms with Crippen LogP contribution in [0.4, 0.5) is 5.69 Å². The molecule has 1 aromatic carbocycles. The van der Waals surface area contributed by atoms with E-state index in [1.54, 1.807) is 25.1 Å². The van der Waals surface area contributed by atoms with Crippen LogP contribution in [0.2, 0.25) is 0 Å². The molecule has 6 heteroatoms. The largest absolute Gasteiger partial charge is 0.482 e. The van der Waals surface area contributed by atoms with Gasteiger partial charge in [0.25, 0.3) is 5.91 Å². The van der Waals surface area contributed by atoms with Crippen molar-refractivity contribution in [1.82, 2.24) is 0 Å². The zero-order valence-corrected chi connectivity index (χ0v) is 13.7. The van der Waals surface area contributed by atoms with Gasteiger partial charge in [0.1, 0.15) is 24.2 Å². The summed E-state index contributed by atoms with van der Waals surface area (Å²) in [5, 5.41) is 0. The van der Waals surface area contributed by atoms with E-state index in [4.69, 9.17) is 9.47 Å². The number of hydrogen-bond acceptors (Lipinski definition) is 5. The molecule has 1 amide bonds. The van der Waals surface area contributed by atoms with Gasteiger partial charge in [-0.05, 0) is 50.8 Å². The Hall–Kier alpha value is -2.37. The number of rotatable bonds is 4. The number of carbonyl (C=O) groups is 3. The molecule has 3 rings (SSSR count). The van der Waals surface area contributed by atoms with Gasteiger partial charge in [-0.3, -0.25) is 14.5 Å². The van der Waals surface area contributed by atoms with Crippen molar-refractivity contribution in [2.75, 3.05) is 11.5 Å². The minimum Gasteiger partial charge on any atom is -0.482 e. The highest BCUT2D eigenvalue weighted by Gasteiger charge is 2.35. The molecule has 2 aliphatic rings. The van der Waals surface area contributed by atoms with Crippen molar-refractivity contribution in [1.29, 1.82) is 0 Å². The fraction of sp³-hybridized carbons (Fsp3) is 0.500. The monoisotopic (exact) mass is 331 g/mol. The summed E-state index contributed by atoms with van der Waals surface area (Å²) in [5.41, 5.74) is 0.855. The molecule has 6 nitrogen and oxygen atoms in total. The van der Waals surface area contributed by atoms with E-state index in [9.17, 15) is 14.4 Å². The summed E-state index contributed by atoms with van der Waals surface area (Å²) in [5.74, 6) is -0.254. The molecule has 1 fully saturated rings. The second-order valence-corrected chi connectivity index (χ2v) is 6.27. The third-order valence-corrected chi connectivity index (χ3v) is 4.56. The summed E-state index contributed by atoms with van der Waals surface area (Å²) >= 11 is 0. The van der Waals surface area contributed by atoms with E-state index in [-0.39, 0.29) is 18.6 Å². The van der Waals surface area contributed by atoms with Crippen molar-refractivity contribution in [2.45, 2.75) is 51.2 Å². The van der Waals surface area contributed by atoms with Gasteiger partial charge in [0.2, 0.25) is 0 Å². The molecular weight excluding hydrogens is 310 g/mol. The lowest BCUT2D eigenvalue weighted by Gasteiger charge is -2.34. The van der Waals surface area contributed by atoms with Gasteiger partial charge in [0.05, 0.1) is 5.69 Å². The molecule has 1 heterocycles. The molecule has 0 N–H and O–H groups in total. The number of anilines is 1.